The Morgan fingerprint density at radius 3 is 2.80 bits per heavy atom. The highest BCUT2D eigenvalue weighted by atomic mass is 16.6. The van der Waals surface area contributed by atoms with Crippen molar-refractivity contribution in [3.8, 4) is 17.2 Å². The molecule has 0 aliphatic carbocycles. The molecule has 0 radical (unpaired) electrons. The van der Waals surface area contributed by atoms with Crippen LogP contribution in [0.4, 0.5) is 0 Å². The van der Waals surface area contributed by atoms with Crippen LogP contribution in [-0.2, 0) is 4.79 Å². The number of carbonyl (C=O) groups is 1. The second-order valence-corrected chi connectivity index (χ2v) is 5.75. The van der Waals surface area contributed by atoms with Gasteiger partial charge >= 0.3 is 0 Å². The van der Waals surface area contributed by atoms with E-state index >= 15 is 0 Å². The molecule has 1 heterocycles. The molecule has 0 bridgehead atoms. The molecule has 2 aromatic carbocycles. The molecule has 1 amide bonds. The van der Waals surface area contributed by atoms with Crippen LogP contribution in [0.5, 0.6) is 17.2 Å². The van der Waals surface area contributed by atoms with E-state index in [2.05, 4.69) is 10.5 Å². The minimum absolute atomic E-state index is 0.0945. The van der Waals surface area contributed by atoms with Crippen molar-refractivity contribution in [2.45, 2.75) is 13.8 Å². The molecule has 25 heavy (non-hydrogen) atoms. The van der Waals surface area contributed by atoms with E-state index in [1.807, 2.05) is 50.2 Å². The van der Waals surface area contributed by atoms with Crippen molar-refractivity contribution in [3.63, 3.8) is 0 Å². The molecule has 0 saturated heterocycles. The van der Waals surface area contributed by atoms with Crippen LogP contribution < -0.4 is 19.6 Å². The zero-order valence-corrected chi connectivity index (χ0v) is 14.2. The maximum atomic E-state index is 11.8. The molecular weight excluding hydrogens is 320 g/mol. The van der Waals surface area contributed by atoms with E-state index < -0.39 is 0 Å². The second-order valence-electron chi connectivity index (χ2n) is 5.75. The lowest BCUT2D eigenvalue weighted by molar-refractivity contribution is -0.123. The molecule has 0 atom stereocenters. The highest BCUT2D eigenvalue weighted by Gasteiger charge is 2.11. The Bertz CT molecular complexity index is 802. The summed E-state index contributed by atoms with van der Waals surface area (Å²) in [6, 6.07) is 11.3. The molecule has 0 spiro atoms. The molecular formula is C19H20N2O4. The Balaban J connectivity index is 1.52. The smallest absolute Gasteiger partial charge is 0.277 e. The van der Waals surface area contributed by atoms with Crippen LogP contribution in [0.15, 0.2) is 41.5 Å². The number of fused-ring (bicyclic) bond motifs is 1. The molecule has 0 unspecified atom stereocenters. The van der Waals surface area contributed by atoms with Gasteiger partial charge in [0.15, 0.2) is 18.1 Å². The van der Waals surface area contributed by atoms with E-state index in [0.29, 0.717) is 30.5 Å². The molecule has 1 N–H and O–H groups in total. The van der Waals surface area contributed by atoms with Gasteiger partial charge in [-0.05, 0) is 54.8 Å². The number of amides is 1. The van der Waals surface area contributed by atoms with Crippen LogP contribution >= 0.6 is 0 Å². The van der Waals surface area contributed by atoms with Crippen LogP contribution in [-0.4, -0.2) is 31.9 Å². The van der Waals surface area contributed by atoms with Crippen molar-refractivity contribution in [2.24, 2.45) is 5.10 Å². The van der Waals surface area contributed by atoms with Gasteiger partial charge < -0.3 is 14.2 Å². The highest BCUT2D eigenvalue weighted by Crippen LogP contribution is 2.30. The summed E-state index contributed by atoms with van der Waals surface area (Å²) < 4.78 is 16.5. The van der Waals surface area contributed by atoms with Crippen LogP contribution in [0.3, 0.4) is 0 Å². The van der Waals surface area contributed by atoms with Crippen molar-refractivity contribution in [1.82, 2.24) is 5.43 Å². The molecule has 2 aromatic rings. The van der Waals surface area contributed by atoms with Gasteiger partial charge in [-0.1, -0.05) is 12.1 Å². The van der Waals surface area contributed by atoms with Crippen molar-refractivity contribution < 1.29 is 19.0 Å². The zero-order valence-electron chi connectivity index (χ0n) is 14.2. The number of ether oxygens (including phenoxy) is 3. The van der Waals surface area contributed by atoms with Gasteiger partial charge in [-0.25, -0.2) is 5.43 Å². The van der Waals surface area contributed by atoms with E-state index in [9.17, 15) is 4.79 Å². The van der Waals surface area contributed by atoms with Gasteiger partial charge in [-0.3, -0.25) is 4.79 Å². The topological polar surface area (TPSA) is 69.2 Å². The minimum Gasteiger partial charge on any atom is -0.486 e. The lowest BCUT2D eigenvalue weighted by Crippen LogP contribution is -2.24. The van der Waals surface area contributed by atoms with Crippen molar-refractivity contribution in [2.75, 3.05) is 19.8 Å². The van der Waals surface area contributed by atoms with E-state index in [-0.39, 0.29) is 12.5 Å². The summed E-state index contributed by atoms with van der Waals surface area (Å²) in [5, 5.41) is 3.94. The molecule has 1 aliphatic rings. The average Bonchev–Trinajstić information content (AvgIpc) is 2.62. The Labute approximate surface area is 146 Å². The third kappa shape index (κ3) is 4.50. The maximum absolute atomic E-state index is 11.8. The van der Waals surface area contributed by atoms with Crippen molar-refractivity contribution >= 4 is 12.1 Å². The lowest BCUT2D eigenvalue weighted by Gasteiger charge is -2.18. The predicted octanol–water partition coefficient (Wildman–Crippen LogP) is 2.60. The number of carbonyl (C=O) groups excluding carboxylic acids is 1. The quantitative estimate of drug-likeness (QED) is 0.671. The second kappa shape index (κ2) is 7.70. The molecule has 1 aliphatic heterocycles. The Morgan fingerprint density at radius 2 is 1.96 bits per heavy atom. The first-order chi connectivity index (χ1) is 12.1. The van der Waals surface area contributed by atoms with Gasteiger partial charge in [0, 0.05) is 0 Å². The number of hydrogen-bond acceptors (Lipinski definition) is 5. The van der Waals surface area contributed by atoms with Gasteiger partial charge in [0.2, 0.25) is 0 Å². The number of hydrazone groups is 1. The first kappa shape index (κ1) is 16.8. The fourth-order valence-corrected chi connectivity index (χ4v) is 2.36. The summed E-state index contributed by atoms with van der Waals surface area (Å²) in [6.07, 6.45) is 1.55. The number of nitrogens with one attached hydrogen (secondary N) is 1. The number of nitrogens with zero attached hydrogens (tertiary/aromatic N) is 1. The SMILES string of the molecule is Cc1ccc(C)c(OCC(=O)N/N=C/c2ccc3c(c2)OCCO3)c1. The Kier molecular flexibility index (Phi) is 5.18. The molecule has 3 rings (SSSR count). The summed E-state index contributed by atoms with van der Waals surface area (Å²) in [7, 11) is 0. The fourth-order valence-electron chi connectivity index (χ4n) is 2.36. The summed E-state index contributed by atoms with van der Waals surface area (Å²) in [5.74, 6) is 1.77. The molecule has 6 nitrogen and oxygen atoms in total. The van der Waals surface area contributed by atoms with E-state index in [1.165, 1.54) is 0 Å². The normalized spacial score (nSPS) is 12.9. The van der Waals surface area contributed by atoms with Gasteiger partial charge in [-0.2, -0.15) is 5.10 Å². The standard InChI is InChI=1S/C19H20N2O4/c1-13-3-4-14(2)17(9-13)25-12-19(22)21-20-11-15-5-6-16-18(10-15)24-8-7-23-16/h3-6,9-11H,7-8,12H2,1-2H3,(H,21,22)/b20-11+. The third-order valence-electron chi connectivity index (χ3n) is 3.67. The minimum atomic E-state index is -0.324. The summed E-state index contributed by atoms with van der Waals surface area (Å²) in [5.41, 5.74) is 5.32. The number of aryl methyl sites for hydroxylation is 2. The number of hydrogen-bond donors (Lipinski definition) is 1. The van der Waals surface area contributed by atoms with Crippen molar-refractivity contribution in [3.05, 3.63) is 53.1 Å². The molecule has 6 heteroatoms. The average molecular weight is 340 g/mol. The van der Waals surface area contributed by atoms with Gasteiger partial charge in [-0.15, -0.1) is 0 Å². The fraction of sp³-hybridized carbons (Fsp3) is 0.263. The largest absolute Gasteiger partial charge is 0.486 e. The van der Waals surface area contributed by atoms with Crippen LogP contribution in [0, 0.1) is 13.8 Å². The van der Waals surface area contributed by atoms with Gasteiger partial charge in [0.1, 0.15) is 19.0 Å². The highest BCUT2D eigenvalue weighted by molar-refractivity contribution is 5.83. The van der Waals surface area contributed by atoms with E-state index in [1.54, 1.807) is 6.21 Å². The molecule has 0 fully saturated rings. The van der Waals surface area contributed by atoms with Crippen molar-refractivity contribution in [1.29, 1.82) is 0 Å². The summed E-state index contributed by atoms with van der Waals surface area (Å²) in [6.45, 7) is 4.90. The number of benzene rings is 2. The van der Waals surface area contributed by atoms with E-state index in [4.69, 9.17) is 14.2 Å². The van der Waals surface area contributed by atoms with Crippen LogP contribution in [0.2, 0.25) is 0 Å². The predicted molar refractivity (Wildman–Crippen MR) is 94.6 cm³/mol. The molecule has 0 saturated carbocycles. The Morgan fingerprint density at radius 1 is 1.16 bits per heavy atom. The van der Waals surface area contributed by atoms with Crippen LogP contribution in [0.25, 0.3) is 0 Å². The van der Waals surface area contributed by atoms with Gasteiger partial charge in [0.05, 0.1) is 6.21 Å². The molecule has 130 valence electrons. The monoisotopic (exact) mass is 340 g/mol. The van der Waals surface area contributed by atoms with E-state index in [0.717, 1.165) is 16.7 Å². The summed E-state index contributed by atoms with van der Waals surface area (Å²) >= 11 is 0. The lowest BCUT2D eigenvalue weighted by atomic mass is 10.1. The third-order valence-corrected chi connectivity index (χ3v) is 3.67. The first-order valence-corrected chi connectivity index (χ1v) is 8.03. The summed E-state index contributed by atoms with van der Waals surface area (Å²) in [4.78, 5) is 11.8. The number of rotatable bonds is 5. The zero-order chi connectivity index (χ0) is 17.6. The maximum Gasteiger partial charge on any atom is 0.277 e. The van der Waals surface area contributed by atoms with Gasteiger partial charge in [0.25, 0.3) is 5.91 Å². The van der Waals surface area contributed by atoms with Crippen LogP contribution in [0.1, 0.15) is 16.7 Å². The first-order valence-electron chi connectivity index (χ1n) is 8.03. The molecule has 0 aromatic heterocycles. The Hall–Kier alpha value is -3.02.